The highest BCUT2D eigenvalue weighted by Gasteiger charge is 2.23. The van der Waals surface area contributed by atoms with Gasteiger partial charge in [-0.15, -0.1) is 0 Å². The van der Waals surface area contributed by atoms with Gasteiger partial charge in [0.1, 0.15) is 6.04 Å². The lowest BCUT2D eigenvalue weighted by atomic mass is 9.84. The van der Waals surface area contributed by atoms with Crippen molar-refractivity contribution >= 4 is 11.9 Å². The maximum atomic E-state index is 11.8. The van der Waals surface area contributed by atoms with E-state index in [1.807, 2.05) is 13.8 Å². The number of nitrogens with one attached hydrogen (secondary N) is 1. The molecule has 0 aliphatic heterocycles. The van der Waals surface area contributed by atoms with Crippen LogP contribution in [0.2, 0.25) is 0 Å². The molecule has 5 heteroatoms. The second-order valence-corrected chi connectivity index (χ2v) is 6.29. The van der Waals surface area contributed by atoms with Gasteiger partial charge >= 0.3 is 5.97 Å². The second kappa shape index (κ2) is 8.15. The highest BCUT2D eigenvalue weighted by molar-refractivity contribution is 5.83. The van der Waals surface area contributed by atoms with Crippen LogP contribution in [0.25, 0.3) is 0 Å². The van der Waals surface area contributed by atoms with Crippen LogP contribution in [0, 0.1) is 11.3 Å². The molecule has 0 fully saturated rings. The van der Waals surface area contributed by atoms with Gasteiger partial charge in [0.05, 0.1) is 0 Å². The Morgan fingerprint density at radius 3 is 2.26 bits per heavy atom. The summed E-state index contributed by atoms with van der Waals surface area (Å²) in [4.78, 5) is 22.8. The number of amides is 1. The minimum absolute atomic E-state index is 0.0167. The molecule has 1 unspecified atom stereocenters. The van der Waals surface area contributed by atoms with Crippen LogP contribution in [-0.2, 0) is 9.59 Å². The van der Waals surface area contributed by atoms with Gasteiger partial charge in [-0.1, -0.05) is 27.7 Å². The van der Waals surface area contributed by atoms with E-state index in [2.05, 4.69) is 19.2 Å². The Kier molecular flexibility index (Phi) is 7.68. The van der Waals surface area contributed by atoms with E-state index < -0.39 is 12.0 Å². The summed E-state index contributed by atoms with van der Waals surface area (Å²) in [7, 11) is 0. The van der Waals surface area contributed by atoms with Crippen LogP contribution in [0.15, 0.2) is 0 Å². The maximum Gasteiger partial charge on any atom is 0.326 e. The molecule has 0 radical (unpaired) electrons. The average molecular weight is 272 g/mol. The molecular formula is C14H28N2O3. The van der Waals surface area contributed by atoms with Crippen molar-refractivity contribution in [2.45, 2.75) is 59.4 Å². The van der Waals surface area contributed by atoms with Gasteiger partial charge in [0.15, 0.2) is 0 Å². The van der Waals surface area contributed by atoms with E-state index in [4.69, 9.17) is 10.8 Å². The van der Waals surface area contributed by atoms with E-state index in [0.29, 0.717) is 25.8 Å². The average Bonchev–Trinajstić information content (AvgIpc) is 2.25. The molecule has 19 heavy (non-hydrogen) atoms. The fraction of sp³-hybridized carbons (Fsp3) is 0.857. The van der Waals surface area contributed by atoms with Gasteiger partial charge in [-0.3, -0.25) is 4.79 Å². The molecule has 4 N–H and O–H groups in total. The van der Waals surface area contributed by atoms with Crippen molar-refractivity contribution in [2.75, 3.05) is 6.54 Å². The first-order valence-corrected chi connectivity index (χ1v) is 6.90. The zero-order chi connectivity index (χ0) is 15.1. The Hall–Kier alpha value is -1.10. The Bertz CT molecular complexity index is 301. The normalized spacial score (nSPS) is 13.4. The molecule has 0 aliphatic carbocycles. The van der Waals surface area contributed by atoms with Crippen molar-refractivity contribution in [1.82, 2.24) is 5.32 Å². The summed E-state index contributed by atoms with van der Waals surface area (Å²) in [6.45, 7) is 8.60. The standard InChI is InChI=1S/C14H28N2O3/c1-10(2)9-11(13(18)19)16-12(17)5-6-14(3,4)7-8-15/h10-11H,5-9,15H2,1-4H3,(H,16,17)(H,18,19). The number of carboxylic acids is 1. The van der Waals surface area contributed by atoms with Crippen LogP contribution in [0.4, 0.5) is 0 Å². The smallest absolute Gasteiger partial charge is 0.326 e. The molecule has 0 saturated carbocycles. The molecule has 1 atom stereocenters. The van der Waals surface area contributed by atoms with Crippen LogP contribution in [-0.4, -0.2) is 29.6 Å². The van der Waals surface area contributed by atoms with Gasteiger partial charge in [-0.05, 0) is 37.1 Å². The molecule has 0 spiro atoms. The summed E-state index contributed by atoms with van der Waals surface area (Å²) in [5, 5.41) is 11.6. The van der Waals surface area contributed by atoms with Crippen molar-refractivity contribution in [2.24, 2.45) is 17.1 Å². The van der Waals surface area contributed by atoms with Gasteiger partial charge in [0.2, 0.25) is 5.91 Å². The minimum Gasteiger partial charge on any atom is -0.480 e. The van der Waals surface area contributed by atoms with Crippen LogP contribution in [0.3, 0.4) is 0 Å². The quantitative estimate of drug-likeness (QED) is 0.596. The summed E-state index contributed by atoms with van der Waals surface area (Å²) in [5.41, 5.74) is 5.53. The van der Waals surface area contributed by atoms with Crippen LogP contribution < -0.4 is 11.1 Å². The lowest BCUT2D eigenvalue weighted by Gasteiger charge is -2.24. The third kappa shape index (κ3) is 8.59. The number of hydrogen-bond acceptors (Lipinski definition) is 3. The molecule has 0 rings (SSSR count). The monoisotopic (exact) mass is 272 g/mol. The van der Waals surface area contributed by atoms with Crippen molar-refractivity contribution < 1.29 is 14.7 Å². The van der Waals surface area contributed by atoms with E-state index in [9.17, 15) is 9.59 Å². The van der Waals surface area contributed by atoms with E-state index >= 15 is 0 Å². The Labute approximate surface area is 115 Å². The SMILES string of the molecule is CC(C)CC(NC(=O)CCC(C)(C)CCN)C(=O)O. The molecule has 1 amide bonds. The third-order valence-corrected chi connectivity index (χ3v) is 3.19. The molecule has 0 saturated heterocycles. The summed E-state index contributed by atoms with van der Waals surface area (Å²) < 4.78 is 0. The van der Waals surface area contributed by atoms with Gasteiger partial charge in [0.25, 0.3) is 0 Å². The topological polar surface area (TPSA) is 92.4 Å². The van der Waals surface area contributed by atoms with Crippen LogP contribution in [0.5, 0.6) is 0 Å². The number of carbonyl (C=O) groups excluding carboxylic acids is 1. The van der Waals surface area contributed by atoms with Crippen LogP contribution in [0.1, 0.15) is 53.4 Å². The van der Waals surface area contributed by atoms with Gasteiger partial charge in [-0.2, -0.15) is 0 Å². The molecule has 112 valence electrons. The number of rotatable bonds is 9. The highest BCUT2D eigenvalue weighted by Crippen LogP contribution is 2.25. The predicted molar refractivity (Wildman–Crippen MR) is 75.7 cm³/mol. The zero-order valence-corrected chi connectivity index (χ0v) is 12.5. The second-order valence-electron chi connectivity index (χ2n) is 6.29. The summed E-state index contributed by atoms with van der Waals surface area (Å²) >= 11 is 0. The van der Waals surface area contributed by atoms with Gasteiger partial charge in [0, 0.05) is 6.42 Å². The molecule has 0 heterocycles. The first kappa shape index (κ1) is 17.9. The minimum atomic E-state index is -0.969. The highest BCUT2D eigenvalue weighted by atomic mass is 16.4. The van der Waals surface area contributed by atoms with Crippen molar-refractivity contribution in [1.29, 1.82) is 0 Å². The molecule has 0 aromatic heterocycles. The summed E-state index contributed by atoms with van der Waals surface area (Å²) in [6, 6.07) is -0.787. The van der Waals surface area contributed by atoms with E-state index in [-0.39, 0.29) is 17.2 Å². The van der Waals surface area contributed by atoms with E-state index in [1.54, 1.807) is 0 Å². The molecule has 0 bridgehead atoms. The Balaban J connectivity index is 4.24. The molecular weight excluding hydrogens is 244 g/mol. The molecule has 5 nitrogen and oxygen atoms in total. The molecule has 0 aromatic rings. The van der Waals surface area contributed by atoms with Gasteiger partial charge in [-0.25, -0.2) is 4.79 Å². The Morgan fingerprint density at radius 2 is 1.84 bits per heavy atom. The van der Waals surface area contributed by atoms with Crippen molar-refractivity contribution in [3.05, 3.63) is 0 Å². The number of hydrogen-bond donors (Lipinski definition) is 3. The first-order valence-electron chi connectivity index (χ1n) is 6.90. The maximum absolute atomic E-state index is 11.8. The van der Waals surface area contributed by atoms with Crippen molar-refractivity contribution in [3.8, 4) is 0 Å². The Morgan fingerprint density at radius 1 is 1.26 bits per heavy atom. The van der Waals surface area contributed by atoms with Crippen LogP contribution >= 0.6 is 0 Å². The fourth-order valence-corrected chi connectivity index (χ4v) is 1.93. The number of aliphatic carboxylic acids is 1. The van der Waals surface area contributed by atoms with E-state index in [0.717, 1.165) is 6.42 Å². The summed E-state index contributed by atoms with van der Waals surface area (Å²) in [5.74, 6) is -0.934. The third-order valence-electron chi connectivity index (χ3n) is 3.19. The lowest BCUT2D eigenvalue weighted by Crippen LogP contribution is -2.41. The number of carbonyl (C=O) groups is 2. The predicted octanol–water partition coefficient (Wildman–Crippen LogP) is 1.76. The number of nitrogens with two attached hydrogens (primary N) is 1. The molecule has 0 aliphatic rings. The largest absolute Gasteiger partial charge is 0.480 e. The molecule has 0 aromatic carbocycles. The lowest BCUT2D eigenvalue weighted by molar-refractivity contribution is -0.142. The number of carboxylic acid groups (broad SMARTS) is 1. The summed E-state index contributed by atoms with van der Waals surface area (Å²) in [6.07, 6.45) is 2.36. The zero-order valence-electron chi connectivity index (χ0n) is 12.5. The van der Waals surface area contributed by atoms with Crippen molar-refractivity contribution in [3.63, 3.8) is 0 Å². The van der Waals surface area contributed by atoms with E-state index in [1.165, 1.54) is 0 Å². The fourth-order valence-electron chi connectivity index (χ4n) is 1.93. The van der Waals surface area contributed by atoms with Gasteiger partial charge < -0.3 is 16.2 Å². The first-order chi connectivity index (χ1) is 8.68.